The van der Waals surface area contributed by atoms with Crippen LogP contribution < -0.4 is 0 Å². The first-order chi connectivity index (χ1) is 6.09. The highest BCUT2D eigenvalue weighted by molar-refractivity contribution is 9.10. The molecule has 1 aromatic heterocycles. The van der Waals surface area contributed by atoms with Gasteiger partial charge in [-0.05, 0) is 22.0 Å². The van der Waals surface area contributed by atoms with Crippen LogP contribution in [0.25, 0.3) is 0 Å². The summed E-state index contributed by atoms with van der Waals surface area (Å²) >= 11 is 7.74. The third kappa shape index (κ3) is 3.72. The molecule has 0 saturated heterocycles. The molecular weight excluding hydrogens is 278 g/mol. The Morgan fingerprint density at radius 1 is 1.77 bits per heavy atom. The third-order valence-electron chi connectivity index (χ3n) is 1.26. The van der Waals surface area contributed by atoms with Crippen molar-refractivity contribution >= 4 is 38.6 Å². The van der Waals surface area contributed by atoms with E-state index in [0.717, 1.165) is 4.47 Å². The van der Waals surface area contributed by atoms with E-state index in [2.05, 4.69) is 20.9 Å². The maximum absolute atomic E-state index is 10.6. The Labute approximate surface area is 92.2 Å². The van der Waals surface area contributed by atoms with Crippen LogP contribution in [0.2, 0.25) is 5.15 Å². The van der Waals surface area contributed by atoms with Gasteiger partial charge in [0, 0.05) is 22.5 Å². The Balaban J connectivity index is 2.75. The summed E-state index contributed by atoms with van der Waals surface area (Å²) in [5.41, 5.74) is 0.714. The van der Waals surface area contributed by atoms with Crippen molar-refractivity contribution in [3.63, 3.8) is 0 Å². The van der Waals surface area contributed by atoms with Crippen molar-refractivity contribution in [1.82, 2.24) is 4.98 Å². The molecule has 0 aliphatic carbocycles. The Bertz CT molecular complexity index is 334. The third-order valence-corrected chi connectivity index (χ3v) is 2.48. The predicted octanol–water partition coefficient (Wildman–Crippen LogP) is 2.31. The number of aromatic nitrogens is 1. The molecule has 0 fully saturated rings. The van der Waals surface area contributed by atoms with Crippen LogP contribution in [0.5, 0.6) is 0 Å². The molecule has 1 unspecified atom stereocenters. The largest absolute Gasteiger partial charge is 0.286 e. The van der Waals surface area contributed by atoms with Crippen LogP contribution in [0.4, 0.5) is 0 Å². The smallest absolute Gasteiger partial charge is 0.152 e. The van der Waals surface area contributed by atoms with Crippen LogP contribution in [0, 0.1) is 0 Å². The van der Waals surface area contributed by atoms with E-state index in [1.54, 1.807) is 12.3 Å². The van der Waals surface area contributed by atoms with Crippen molar-refractivity contribution in [3.05, 3.63) is 27.5 Å². The van der Waals surface area contributed by atoms with Crippen molar-refractivity contribution in [2.75, 3.05) is 6.26 Å². The summed E-state index contributed by atoms with van der Waals surface area (Å²) in [6.07, 6.45) is 3.05. The fraction of sp³-hybridized carbons (Fsp3) is 0.286. The van der Waals surface area contributed by atoms with Crippen LogP contribution >= 0.6 is 27.5 Å². The molecular formula is C7H7BrClNO2S. The molecule has 3 nitrogen and oxygen atoms in total. The molecule has 1 aromatic rings. The van der Waals surface area contributed by atoms with E-state index >= 15 is 0 Å². The highest BCUT2D eigenvalue weighted by atomic mass is 79.9. The molecule has 0 aromatic carbocycles. The van der Waals surface area contributed by atoms with Gasteiger partial charge >= 0.3 is 0 Å². The number of rotatable bonds is 3. The molecule has 1 rings (SSSR count). The normalized spacial score (nSPS) is 12.8. The quantitative estimate of drug-likeness (QED) is 0.800. The summed E-state index contributed by atoms with van der Waals surface area (Å²) in [5.74, 6) is 0. The van der Waals surface area contributed by atoms with Gasteiger partial charge < -0.3 is 0 Å². The molecule has 13 heavy (non-hydrogen) atoms. The highest BCUT2D eigenvalue weighted by Crippen LogP contribution is 2.18. The van der Waals surface area contributed by atoms with Gasteiger partial charge in [-0.2, -0.15) is 0 Å². The second-order valence-electron chi connectivity index (χ2n) is 2.27. The lowest BCUT2D eigenvalue weighted by Gasteiger charge is -2.02. The number of hydrogen-bond donors (Lipinski definition) is 0. The first kappa shape index (κ1) is 11.1. The minimum atomic E-state index is -1.28. The first-order valence-electron chi connectivity index (χ1n) is 3.36. The van der Waals surface area contributed by atoms with Gasteiger partial charge in [-0.15, -0.1) is 0 Å². The summed E-state index contributed by atoms with van der Waals surface area (Å²) in [7, 11) is 0. The van der Waals surface area contributed by atoms with E-state index in [4.69, 9.17) is 15.8 Å². The number of hydrogen-bond acceptors (Lipinski definition) is 3. The monoisotopic (exact) mass is 283 g/mol. The molecule has 0 saturated carbocycles. The lowest BCUT2D eigenvalue weighted by molar-refractivity contribution is 0.339. The second-order valence-corrected chi connectivity index (χ2v) is 4.58. The minimum Gasteiger partial charge on any atom is -0.286 e. The van der Waals surface area contributed by atoms with Gasteiger partial charge in [0.05, 0.1) is 6.61 Å². The standard InChI is InChI=1S/C7H7BrClNO2S/c1-13(11)12-4-5-2-6(8)3-10-7(5)9/h2-3H,4H2,1H3. The van der Waals surface area contributed by atoms with Crippen molar-refractivity contribution in [2.45, 2.75) is 6.61 Å². The predicted molar refractivity (Wildman–Crippen MR) is 55.8 cm³/mol. The molecule has 0 N–H and O–H groups in total. The maximum atomic E-state index is 10.6. The van der Waals surface area contributed by atoms with E-state index in [9.17, 15) is 4.21 Å². The van der Waals surface area contributed by atoms with E-state index < -0.39 is 11.1 Å². The lowest BCUT2D eigenvalue weighted by Crippen LogP contribution is -1.97. The summed E-state index contributed by atoms with van der Waals surface area (Å²) in [6, 6.07) is 1.78. The van der Waals surface area contributed by atoms with Crippen molar-refractivity contribution in [2.24, 2.45) is 0 Å². The number of nitrogens with zero attached hydrogens (tertiary/aromatic N) is 1. The fourth-order valence-electron chi connectivity index (χ4n) is 0.712. The second kappa shape index (κ2) is 5.05. The summed E-state index contributed by atoms with van der Waals surface area (Å²) in [4.78, 5) is 3.90. The fourth-order valence-corrected chi connectivity index (χ4v) is 1.54. The van der Waals surface area contributed by atoms with E-state index in [-0.39, 0.29) is 6.61 Å². The number of pyridine rings is 1. The summed E-state index contributed by atoms with van der Waals surface area (Å²) < 4.78 is 16.3. The maximum Gasteiger partial charge on any atom is 0.152 e. The Hall–Kier alpha value is 0.0300. The summed E-state index contributed by atoms with van der Waals surface area (Å²) in [5, 5.41) is 0.369. The molecule has 0 amide bonds. The van der Waals surface area contributed by atoms with Crippen LogP contribution in [0.1, 0.15) is 5.56 Å². The van der Waals surface area contributed by atoms with E-state index in [0.29, 0.717) is 10.7 Å². The molecule has 72 valence electrons. The van der Waals surface area contributed by atoms with Gasteiger partial charge in [0.25, 0.3) is 0 Å². The molecule has 6 heteroatoms. The highest BCUT2D eigenvalue weighted by Gasteiger charge is 2.03. The van der Waals surface area contributed by atoms with Gasteiger partial charge in [-0.3, -0.25) is 4.18 Å². The minimum absolute atomic E-state index is 0.203. The lowest BCUT2D eigenvalue weighted by atomic mass is 10.3. The molecule has 1 heterocycles. The van der Waals surface area contributed by atoms with Gasteiger partial charge in [0.1, 0.15) is 5.15 Å². The molecule has 0 aliphatic rings. The van der Waals surface area contributed by atoms with E-state index in [1.807, 2.05) is 0 Å². The van der Waals surface area contributed by atoms with Crippen molar-refractivity contribution < 1.29 is 8.39 Å². The Morgan fingerprint density at radius 3 is 3.08 bits per heavy atom. The zero-order valence-electron chi connectivity index (χ0n) is 6.79. The summed E-state index contributed by atoms with van der Waals surface area (Å²) in [6.45, 7) is 0.203. The van der Waals surface area contributed by atoms with E-state index in [1.165, 1.54) is 6.26 Å². The van der Waals surface area contributed by atoms with Crippen LogP contribution in [0.3, 0.4) is 0 Å². The number of halogens is 2. The molecule has 0 spiro atoms. The van der Waals surface area contributed by atoms with Crippen molar-refractivity contribution in [1.29, 1.82) is 0 Å². The molecule has 0 aliphatic heterocycles. The van der Waals surface area contributed by atoms with Gasteiger partial charge in [0.2, 0.25) is 0 Å². The topological polar surface area (TPSA) is 39.2 Å². The van der Waals surface area contributed by atoms with Gasteiger partial charge in [0.15, 0.2) is 11.1 Å². The average Bonchev–Trinajstić information content (AvgIpc) is 2.06. The van der Waals surface area contributed by atoms with Crippen LogP contribution in [-0.4, -0.2) is 15.4 Å². The average molecular weight is 285 g/mol. The van der Waals surface area contributed by atoms with Gasteiger partial charge in [-0.1, -0.05) is 11.6 Å². The molecule has 1 atom stereocenters. The zero-order valence-corrected chi connectivity index (χ0v) is 9.95. The molecule has 0 bridgehead atoms. The Kier molecular flexibility index (Phi) is 4.31. The zero-order chi connectivity index (χ0) is 9.84. The Morgan fingerprint density at radius 2 is 2.46 bits per heavy atom. The van der Waals surface area contributed by atoms with Crippen LogP contribution in [-0.2, 0) is 21.9 Å². The first-order valence-corrected chi connectivity index (χ1v) is 6.01. The van der Waals surface area contributed by atoms with Crippen LogP contribution in [0.15, 0.2) is 16.7 Å². The SMILES string of the molecule is CS(=O)OCc1cc(Br)cnc1Cl. The van der Waals surface area contributed by atoms with Crippen molar-refractivity contribution in [3.8, 4) is 0 Å². The molecule has 0 radical (unpaired) electrons. The van der Waals surface area contributed by atoms with Gasteiger partial charge in [-0.25, -0.2) is 9.19 Å².